The molecule has 3 nitrogen and oxygen atoms in total. The van der Waals surface area contributed by atoms with E-state index >= 15 is 0 Å². The average Bonchev–Trinajstić information content (AvgIpc) is 2.05. The SMILES string of the molecule is C=CS(=O)(=O)c1ccc([18F])nc1. The van der Waals surface area contributed by atoms with Gasteiger partial charge in [0.05, 0.1) is 4.90 Å². The average molecular weight is 186 g/mol. The number of pyridine rings is 1. The van der Waals surface area contributed by atoms with Crippen LogP contribution in [-0.2, 0) is 9.84 Å². The Morgan fingerprint density at radius 2 is 2.17 bits per heavy atom. The van der Waals surface area contributed by atoms with Gasteiger partial charge in [0, 0.05) is 11.6 Å². The van der Waals surface area contributed by atoms with Crippen LogP contribution in [0, 0.1) is 5.95 Å². The van der Waals surface area contributed by atoms with E-state index in [9.17, 15) is 12.8 Å². The summed E-state index contributed by atoms with van der Waals surface area (Å²) in [6.45, 7) is 3.12. The standard InChI is InChI=1S/C7H6FNO2S/c1-2-12(10,11)6-3-4-7(8)9-5-6/h2-5H,1H2/i8-1. The fourth-order valence-electron chi connectivity index (χ4n) is 0.627. The van der Waals surface area contributed by atoms with Crippen molar-refractivity contribution < 1.29 is 12.8 Å². The van der Waals surface area contributed by atoms with Crippen molar-refractivity contribution in [3.63, 3.8) is 0 Å². The van der Waals surface area contributed by atoms with Gasteiger partial charge < -0.3 is 0 Å². The smallest absolute Gasteiger partial charge is 0.212 e. The minimum Gasteiger partial charge on any atom is -0.227 e. The van der Waals surface area contributed by atoms with Gasteiger partial charge in [-0.15, -0.1) is 0 Å². The van der Waals surface area contributed by atoms with Gasteiger partial charge in [0.2, 0.25) is 15.8 Å². The van der Waals surface area contributed by atoms with Gasteiger partial charge in [-0.3, -0.25) is 0 Å². The maximum Gasteiger partial charge on any atom is 0.212 e. The van der Waals surface area contributed by atoms with Gasteiger partial charge in [0.25, 0.3) is 0 Å². The molecule has 0 saturated carbocycles. The highest BCUT2D eigenvalue weighted by molar-refractivity contribution is 7.94. The Morgan fingerprint density at radius 1 is 1.50 bits per heavy atom. The van der Waals surface area contributed by atoms with Crippen molar-refractivity contribution in [2.75, 3.05) is 0 Å². The molecule has 0 N–H and O–H groups in total. The minimum atomic E-state index is -3.48. The molecule has 0 aromatic carbocycles. The monoisotopic (exact) mass is 186 g/mol. The zero-order chi connectivity index (χ0) is 9.19. The first-order chi connectivity index (χ1) is 5.56. The Morgan fingerprint density at radius 3 is 2.58 bits per heavy atom. The van der Waals surface area contributed by atoms with Crippen LogP contribution in [-0.4, -0.2) is 13.4 Å². The third-order valence-corrected chi connectivity index (χ3v) is 2.59. The van der Waals surface area contributed by atoms with Crippen LogP contribution in [0.2, 0.25) is 0 Å². The normalized spacial score (nSPS) is 11.1. The molecule has 0 aliphatic rings. The number of rotatable bonds is 2. The van der Waals surface area contributed by atoms with Crippen molar-refractivity contribution in [3.8, 4) is 0 Å². The lowest BCUT2D eigenvalue weighted by molar-refractivity contribution is 0.578. The number of hydrogen-bond acceptors (Lipinski definition) is 3. The van der Waals surface area contributed by atoms with Gasteiger partial charge >= 0.3 is 0 Å². The van der Waals surface area contributed by atoms with Gasteiger partial charge in [-0.05, 0) is 12.1 Å². The second-order valence-corrected chi connectivity index (χ2v) is 3.92. The third-order valence-electron chi connectivity index (χ3n) is 1.25. The fourth-order valence-corrected chi connectivity index (χ4v) is 1.28. The Labute approximate surface area is 69.5 Å². The van der Waals surface area contributed by atoms with Gasteiger partial charge in [-0.2, -0.15) is 4.39 Å². The molecule has 0 saturated heterocycles. The van der Waals surface area contributed by atoms with Crippen molar-refractivity contribution >= 4 is 9.84 Å². The zero-order valence-corrected chi connectivity index (χ0v) is 6.88. The summed E-state index contributed by atoms with van der Waals surface area (Å²) in [7, 11) is -3.48. The van der Waals surface area contributed by atoms with E-state index in [1.165, 1.54) is 0 Å². The van der Waals surface area contributed by atoms with Crippen LogP contribution in [0.5, 0.6) is 0 Å². The Kier molecular flexibility index (Phi) is 2.23. The summed E-state index contributed by atoms with van der Waals surface area (Å²) >= 11 is 0. The van der Waals surface area contributed by atoms with Crippen molar-refractivity contribution in [1.29, 1.82) is 0 Å². The van der Waals surface area contributed by atoms with Gasteiger partial charge in [0.15, 0.2) is 0 Å². The molecular formula is C7H6FNO2S. The molecule has 1 heterocycles. The van der Waals surface area contributed by atoms with E-state index in [1.807, 2.05) is 0 Å². The quantitative estimate of drug-likeness (QED) is 0.650. The lowest BCUT2D eigenvalue weighted by Crippen LogP contribution is -1.96. The first-order valence-corrected chi connectivity index (χ1v) is 4.60. The fraction of sp³-hybridized carbons (Fsp3) is 0. The summed E-state index contributed by atoms with van der Waals surface area (Å²) < 4.78 is 34.3. The molecule has 0 spiro atoms. The van der Waals surface area contributed by atoms with Crippen molar-refractivity contribution in [2.45, 2.75) is 4.90 Å². The number of halogens is 1. The Balaban J connectivity index is 3.23. The van der Waals surface area contributed by atoms with E-state index < -0.39 is 15.8 Å². The van der Waals surface area contributed by atoms with Crippen LogP contribution in [0.25, 0.3) is 0 Å². The first kappa shape index (κ1) is 8.86. The molecule has 0 aliphatic heterocycles. The summed E-state index contributed by atoms with van der Waals surface area (Å²) in [5, 5.41) is 0.794. The second-order valence-electron chi connectivity index (χ2n) is 2.03. The zero-order valence-electron chi connectivity index (χ0n) is 6.07. The number of nitrogens with zero attached hydrogens (tertiary/aromatic N) is 1. The molecule has 0 radical (unpaired) electrons. The molecule has 1 rings (SSSR count). The third kappa shape index (κ3) is 1.68. The van der Waals surface area contributed by atoms with Crippen molar-refractivity contribution in [1.82, 2.24) is 4.98 Å². The van der Waals surface area contributed by atoms with E-state index in [1.54, 1.807) is 0 Å². The second kappa shape index (κ2) is 3.02. The number of hydrogen-bond donors (Lipinski definition) is 0. The van der Waals surface area contributed by atoms with E-state index in [4.69, 9.17) is 0 Å². The minimum absolute atomic E-state index is 0.0566. The highest BCUT2D eigenvalue weighted by Crippen LogP contribution is 2.09. The lowest BCUT2D eigenvalue weighted by atomic mass is 10.5. The predicted molar refractivity (Wildman–Crippen MR) is 41.6 cm³/mol. The van der Waals surface area contributed by atoms with Gasteiger partial charge in [0.1, 0.15) is 0 Å². The van der Waals surface area contributed by atoms with Crippen LogP contribution >= 0.6 is 0 Å². The molecule has 0 bridgehead atoms. The summed E-state index contributed by atoms with van der Waals surface area (Å²) in [6, 6.07) is 2.12. The van der Waals surface area contributed by atoms with Crippen LogP contribution < -0.4 is 0 Å². The number of sulfone groups is 1. The molecule has 1 aromatic heterocycles. The topological polar surface area (TPSA) is 47.0 Å². The van der Waals surface area contributed by atoms with E-state index in [0.717, 1.165) is 23.7 Å². The highest BCUT2D eigenvalue weighted by Gasteiger charge is 2.08. The maximum absolute atomic E-state index is 12.2. The molecule has 0 aliphatic carbocycles. The summed E-state index contributed by atoms with van der Waals surface area (Å²) in [5.41, 5.74) is 0. The highest BCUT2D eigenvalue weighted by atomic mass is 32.2. The molecule has 64 valence electrons. The van der Waals surface area contributed by atoms with Crippen molar-refractivity contribution in [2.24, 2.45) is 0 Å². The Bertz CT molecular complexity index is 382. The predicted octanol–water partition coefficient (Wildman–Crippen LogP) is 1.14. The van der Waals surface area contributed by atoms with E-state index in [0.29, 0.717) is 0 Å². The number of aromatic nitrogens is 1. The van der Waals surface area contributed by atoms with E-state index in [-0.39, 0.29) is 4.90 Å². The molecule has 1 aromatic rings. The molecule has 12 heavy (non-hydrogen) atoms. The van der Waals surface area contributed by atoms with E-state index in [2.05, 4.69) is 11.6 Å². The maximum atomic E-state index is 12.2. The lowest BCUT2D eigenvalue weighted by Gasteiger charge is -1.95. The van der Waals surface area contributed by atoms with Crippen LogP contribution in [0.1, 0.15) is 0 Å². The van der Waals surface area contributed by atoms with Crippen LogP contribution in [0.3, 0.4) is 0 Å². The van der Waals surface area contributed by atoms with Crippen molar-refractivity contribution in [3.05, 3.63) is 36.3 Å². The molecule has 0 atom stereocenters. The molecule has 0 fully saturated rings. The molecule has 0 amide bonds. The summed E-state index contributed by atoms with van der Waals surface area (Å²) in [4.78, 5) is 3.14. The molecular weight excluding hydrogens is 180 g/mol. The van der Waals surface area contributed by atoms with Crippen LogP contribution in [0.4, 0.5) is 4.39 Å². The molecule has 0 unspecified atom stereocenters. The molecule has 5 heteroatoms. The van der Waals surface area contributed by atoms with Gasteiger partial charge in [-0.25, -0.2) is 13.4 Å². The largest absolute Gasteiger partial charge is 0.227 e. The van der Waals surface area contributed by atoms with Gasteiger partial charge in [-0.1, -0.05) is 6.58 Å². The van der Waals surface area contributed by atoms with Crippen LogP contribution in [0.15, 0.2) is 35.2 Å². The summed E-state index contributed by atoms with van der Waals surface area (Å²) in [6.07, 6.45) is 0.951. The Hall–Kier alpha value is -1.23. The first-order valence-electron chi connectivity index (χ1n) is 3.05. The summed E-state index contributed by atoms with van der Waals surface area (Å²) in [5.74, 6) is -0.710.